The van der Waals surface area contributed by atoms with Crippen LogP contribution in [0.25, 0.3) is 56.5 Å². The van der Waals surface area contributed by atoms with Crippen molar-refractivity contribution >= 4 is 57.2 Å². The van der Waals surface area contributed by atoms with E-state index in [2.05, 4.69) is 235 Å². The van der Waals surface area contributed by atoms with Crippen molar-refractivity contribution in [3.05, 3.63) is 217 Å². The molecule has 1 aromatic heterocycles. The highest BCUT2D eigenvalue weighted by molar-refractivity contribution is 5.88. The van der Waals surface area contributed by atoms with Crippen molar-refractivity contribution in [1.29, 1.82) is 0 Å². The van der Waals surface area contributed by atoms with Crippen molar-refractivity contribution in [2.24, 2.45) is 5.92 Å². The number of fused-ring (bicyclic) bond motifs is 3. The Morgan fingerprint density at radius 2 is 0.759 bits per heavy atom. The van der Waals surface area contributed by atoms with Crippen molar-refractivity contribution in [2.75, 3.05) is 9.80 Å². The molecule has 0 aliphatic heterocycles. The lowest BCUT2D eigenvalue weighted by atomic mass is 10.0. The van der Waals surface area contributed by atoms with E-state index >= 15 is 0 Å². The minimum absolute atomic E-state index is 0.502. The third-order valence-electron chi connectivity index (χ3n) is 11.2. The molecule has 0 saturated heterocycles. The maximum Gasteiger partial charge on any atom is 0.137 e. The molecule has 3 heteroatoms. The molecule has 3 nitrogen and oxygen atoms in total. The predicted octanol–water partition coefficient (Wildman–Crippen LogP) is 14.0. The van der Waals surface area contributed by atoms with Gasteiger partial charge in [0.2, 0.25) is 0 Å². The van der Waals surface area contributed by atoms with Gasteiger partial charge in [-0.25, -0.2) is 0 Å². The van der Waals surface area contributed by atoms with Crippen LogP contribution in [0.1, 0.15) is 13.3 Å². The predicted molar refractivity (Wildman–Crippen MR) is 244 cm³/mol. The zero-order valence-electron chi connectivity index (χ0n) is 32.4. The normalized spacial score (nSPS) is 13.3. The molecule has 9 aromatic rings. The van der Waals surface area contributed by atoms with E-state index in [0.717, 1.165) is 68.1 Å². The van der Waals surface area contributed by atoms with Gasteiger partial charge >= 0.3 is 0 Å². The molecule has 278 valence electrons. The zero-order chi connectivity index (χ0) is 38.8. The van der Waals surface area contributed by atoms with Crippen LogP contribution in [0.2, 0.25) is 0 Å². The molecule has 0 radical (unpaired) electrons. The highest BCUT2D eigenvalue weighted by Crippen LogP contribution is 2.39. The van der Waals surface area contributed by atoms with Gasteiger partial charge in [-0.2, -0.15) is 0 Å². The highest BCUT2D eigenvalue weighted by atomic mass is 16.3. The van der Waals surface area contributed by atoms with Crippen LogP contribution < -0.4 is 20.4 Å². The molecule has 1 unspecified atom stereocenters. The molecule has 0 spiro atoms. The van der Waals surface area contributed by atoms with E-state index in [1.807, 2.05) is 0 Å². The van der Waals surface area contributed by atoms with Crippen molar-refractivity contribution in [1.82, 2.24) is 0 Å². The van der Waals surface area contributed by atoms with Gasteiger partial charge in [-0.15, -0.1) is 0 Å². The van der Waals surface area contributed by atoms with Crippen LogP contribution >= 0.6 is 0 Å². The summed E-state index contributed by atoms with van der Waals surface area (Å²) in [5.74, 6) is 0.502. The number of hydrogen-bond donors (Lipinski definition) is 0. The van der Waals surface area contributed by atoms with Crippen LogP contribution in [0.15, 0.2) is 211 Å². The molecule has 0 N–H and O–H groups in total. The summed E-state index contributed by atoms with van der Waals surface area (Å²) in [6.45, 7) is 2.26. The quantitative estimate of drug-likeness (QED) is 0.147. The third-order valence-corrected chi connectivity index (χ3v) is 11.2. The minimum atomic E-state index is 0.502. The molecule has 1 aliphatic rings. The summed E-state index contributed by atoms with van der Waals surface area (Å²) < 4.78 is 6.44. The number of para-hydroxylation sites is 1. The Balaban J connectivity index is 0.979. The Hall–Kier alpha value is -7.36. The van der Waals surface area contributed by atoms with Crippen LogP contribution in [0.3, 0.4) is 0 Å². The van der Waals surface area contributed by atoms with Crippen LogP contribution in [-0.2, 0) is 0 Å². The fourth-order valence-corrected chi connectivity index (χ4v) is 8.18. The van der Waals surface area contributed by atoms with Crippen LogP contribution in [0, 0.1) is 5.92 Å². The molecular formula is C55H42N2O. The van der Waals surface area contributed by atoms with Gasteiger partial charge in [0.15, 0.2) is 0 Å². The average molecular weight is 747 g/mol. The standard InChI is InChI=1S/C55H42N2O/c1-39-17-36-54-53(37-39)52-35-34-51(38-55(52)58-54)57(49-30-20-43(21-31-49)41-13-7-3-8-14-41)50-32-24-45(25-33-50)44-22-28-48(29-23-44)56(46-15-9-4-10-16-46)47-26-18-42(19-27-47)40-11-5-2-6-12-40/h2-16,18-39H,17H2,1H3. The topological polar surface area (TPSA) is 19.6 Å². The van der Waals surface area contributed by atoms with Gasteiger partial charge in [-0.3, -0.25) is 0 Å². The monoisotopic (exact) mass is 746 g/mol. The van der Waals surface area contributed by atoms with Gasteiger partial charge in [0.25, 0.3) is 0 Å². The first kappa shape index (κ1) is 35.1. The van der Waals surface area contributed by atoms with Gasteiger partial charge in [-0.1, -0.05) is 140 Å². The molecule has 0 bridgehead atoms. The molecular weight excluding hydrogens is 705 g/mol. The number of rotatable bonds is 9. The minimum Gasteiger partial charge on any atom is -0.456 e. The number of nitrogens with zero attached hydrogens (tertiary/aromatic N) is 2. The molecule has 58 heavy (non-hydrogen) atoms. The van der Waals surface area contributed by atoms with Gasteiger partial charge in [0.05, 0.1) is 0 Å². The molecule has 0 saturated carbocycles. The molecule has 0 amide bonds. The lowest BCUT2D eigenvalue weighted by Crippen LogP contribution is -2.24. The summed E-state index contributed by atoms with van der Waals surface area (Å²) >= 11 is 0. The average Bonchev–Trinajstić information content (AvgIpc) is 3.65. The van der Waals surface area contributed by atoms with Crippen LogP contribution in [0.4, 0.5) is 34.1 Å². The van der Waals surface area contributed by atoms with Crippen LogP contribution in [-0.4, -0.2) is 0 Å². The van der Waals surface area contributed by atoms with Crippen molar-refractivity contribution < 1.29 is 4.42 Å². The first-order valence-electron chi connectivity index (χ1n) is 20.1. The van der Waals surface area contributed by atoms with E-state index in [1.165, 1.54) is 27.5 Å². The van der Waals surface area contributed by atoms with E-state index in [-0.39, 0.29) is 0 Å². The molecule has 1 aliphatic carbocycles. The lowest BCUT2D eigenvalue weighted by Gasteiger charge is -2.26. The first-order chi connectivity index (χ1) is 28.6. The second kappa shape index (κ2) is 15.3. The van der Waals surface area contributed by atoms with Crippen molar-refractivity contribution in [3.63, 3.8) is 0 Å². The summed E-state index contributed by atoms with van der Waals surface area (Å²) in [5.41, 5.74) is 15.5. The highest BCUT2D eigenvalue weighted by Gasteiger charge is 2.18. The molecule has 8 aromatic carbocycles. The Kier molecular flexibility index (Phi) is 9.25. The van der Waals surface area contributed by atoms with Gasteiger partial charge < -0.3 is 14.2 Å². The fourth-order valence-electron chi connectivity index (χ4n) is 8.18. The second-order valence-corrected chi connectivity index (χ2v) is 15.1. The Labute approximate surface area is 339 Å². The maximum atomic E-state index is 6.44. The second-order valence-electron chi connectivity index (χ2n) is 15.1. The Bertz CT molecular complexity index is 2940. The Morgan fingerprint density at radius 3 is 1.21 bits per heavy atom. The van der Waals surface area contributed by atoms with Crippen molar-refractivity contribution in [3.8, 4) is 33.4 Å². The van der Waals surface area contributed by atoms with Crippen LogP contribution in [0.5, 0.6) is 0 Å². The SMILES string of the molecule is CC1C=c2c(oc3cc(N(c4ccc(-c5ccccc5)cc4)c4ccc(-c5ccc(N(c6ccccc6)c6ccc(-c7ccccc7)cc6)cc5)cc4)ccc23)=CC1. The lowest BCUT2D eigenvalue weighted by molar-refractivity contribution is 0.567. The number of hydrogen-bond acceptors (Lipinski definition) is 3. The summed E-state index contributed by atoms with van der Waals surface area (Å²) in [5, 5.41) is 2.37. The van der Waals surface area contributed by atoms with E-state index in [4.69, 9.17) is 4.42 Å². The van der Waals surface area contributed by atoms with Gasteiger partial charge in [-0.05, 0) is 125 Å². The zero-order valence-corrected chi connectivity index (χ0v) is 32.4. The van der Waals surface area contributed by atoms with E-state index in [9.17, 15) is 0 Å². The van der Waals surface area contributed by atoms with Gasteiger partial charge in [0.1, 0.15) is 11.0 Å². The molecule has 1 heterocycles. The van der Waals surface area contributed by atoms with E-state index in [1.54, 1.807) is 0 Å². The summed E-state index contributed by atoms with van der Waals surface area (Å²) in [6, 6.07) is 73.7. The summed E-state index contributed by atoms with van der Waals surface area (Å²) in [7, 11) is 0. The van der Waals surface area contributed by atoms with Gasteiger partial charge in [0, 0.05) is 50.8 Å². The molecule has 1 atom stereocenters. The summed E-state index contributed by atoms with van der Waals surface area (Å²) in [4.78, 5) is 4.63. The number of benzene rings is 8. The smallest absolute Gasteiger partial charge is 0.137 e. The van der Waals surface area contributed by atoms with E-state index < -0.39 is 0 Å². The fraction of sp³-hybridized carbons (Fsp3) is 0.0545. The Morgan fingerprint density at radius 1 is 0.397 bits per heavy atom. The van der Waals surface area contributed by atoms with Crippen molar-refractivity contribution in [2.45, 2.75) is 13.3 Å². The maximum absolute atomic E-state index is 6.44. The largest absolute Gasteiger partial charge is 0.456 e. The molecule has 0 fully saturated rings. The summed E-state index contributed by atoms with van der Waals surface area (Å²) in [6.07, 6.45) is 5.57. The third kappa shape index (κ3) is 6.88. The first-order valence-corrected chi connectivity index (χ1v) is 20.1. The molecule has 10 rings (SSSR count). The number of anilines is 6. The number of furan rings is 1. The van der Waals surface area contributed by atoms with E-state index in [0.29, 0.717) is 5.92 Å².